The normalized spacial score (nSPS) is 11.4. The lowest BCUT2D eigenvalue weighted by Crippen LogP contribution is -1.95. The van der Waals surface area contributed by atoms with E-state index in [1.807, 2.05) is 0 Å². The molecule has 0 bridgehead atoms. The van der Waals surface area contributed by atoms with E-state index < -0.39 is 0 Å². The summed E-state index contributed by atoms with van der Waals surface area (Å²) in [6, 6.07) is 0. The molecule has 0 aliphatic heterocycles. The summed E-state index contributed by atoms with van der Waals surface area (Å²) in [6.45, 7) is 2.06. The van der Waals surface area contributed by atoms with Crippen molar-refractivity contribution in [1.29, 1.82) is 5.41 Å². The van der Waals surface area contributed by atoms with Crippen molar-refractivity contribution in [2.75, 3.05) is 0 Å². The molecule has 0 atom stereocenters. The van der Waals surface area contributed by atoms with Gasteiger partial charge in [-0.05, 0) is 12.5 Å². The zero-order chi connectivity index (χ0) is 6.41. The summed E-state index contributed by atoms with van der Waals surface area (Å²) in [5.41, 5.74) is 6.20. The Morgan fingerprint density at radius 3 is 2.75 bits per heavy atom. The molecule has 0 aromatic carbocycles. The highest BCUT2D eigenvalue weighted by Gasteiger charge is 1.82. The minimum Gasteiger partial charge on any atom is -0.402 e. The number of allylic oxidation sites excluding steroid dienone is 2. The molecule has 0 rings (SSSR count). The van der Waals surface area contributed by atoms with Crippen LogP contribution >= 0.6 is 0 Å². The van der Waals surface area contributed by atoms with Crippen LogP contribution in [0.15, 0.2) is 11.8 Å². The van der Waals surface area contributed by atoms with Crippen LogP contribution in [0.25, 0.3) is 0 Å². The number of hydrogen-bond acceptors (Lipinski definition) is 2. The van der Waals surface area contributed by atoms with Crippen LogP contribution in [0.3, 0.4) is 0 Å². The largest absolute Gasteiger partial charge is 0.402 e. The fourth-order valence-corrected chi connectivity index (χ4v) is 0.479. The van der Waals surface area contributed by atoms with Crippen LogP contribution in [-0.4, -0.2) is 6.21 Å². The molecule has 3 N–H and O–H groups in total. The molecule has 2 nitrogen and oxygen atoms in total. The van der Waals surface area contributed by atoms with Crippen molar-refractivity contribution >= 4 is 6.21 Å². The van der Waals surface area contributed by atoms with E-state index in [1.54, 1.807) is 6.08 Å². The maximum atomic E-state index is 6.63. The lowest BCUT2D eigenvalue weighted by Gasteiger charge is -1.91. The molecule has 0 unspecified atom stereocenters. The van der Waals surface area contributed by atoms with Crippen LogP contribution in [0.1, 0.15) is 19.8 Å². The van der Waals surface area contributed by atoms with Gasteiger partial charge in [-0.3, -0.25) is 0 Å². The molecule has 46 valence electrons. The Morgan fingerprint density at radius 1 is 1.75 bits per heavy atom. The molecule has 0 heterocycles. The molecule has 0 fully saturated rings. The Labute approximate surface area is 49.9 Å². The van der Waals surface area contributed by atoms with E-state index in [2.05, 4.69) is 6.92 Å². The van der Waals surface area contributed by atoms with E-state index in [4.69, 9.17) is 11.1 Å². The summed E-state index contributed by atoms with van der Waals surface area (Å²) in [7, 11) is 0. The number of nitrogens with one attached hydrogen (secondary N) is 1. The molecule has 0 aliphatic carbocycles. The van der Waals surface area contributed by atoms with Gasteiger partial charge in [-0.2, -0.15) is 0 Å². The maximum Gasteiger partial charge on any atom is 0.0194 e. The summed E-state index contributed by atoms with van der Waals surface area (Å²) in [4.78, 5) is 0. The van der Waals surface area contributed by atoms with Gasteiger partial charge in [0, 0.05) is 11.9 Å². The topological polar surface area (TPSA) is 49.9 Å². The van der Waals surface area contributed by atoms with Crippen molar-refractivity contribution in [3.8, 4) is 0 Å². The van der Waals surface area contributed by atoms with Crippen LogP contribution in [-0.2, 0) is 0 Å². The van der Waals surface area contributed by atoms with Gasteiger partial charge >= 0.3 is 0 Å². The molecular weight excluding hydrogens is 100 g/mol. The maximum absolute atomic E-state index is 6.63. The van der Waals surface area contributed by atoms with Crippen molar-refractivity contribution in [3.63, 3.8) is 0 Å². The molecule has 8 heavy (non-hydrogen) atoms. The van der Waals surface area contributed by atoms with Gasteiger partial charge in [0.05, 0.1) is 0 Å². The Bertz CT molecular complexity index is 94.7. The average molecular weight is 112 g/mol. The highest BCUT2D eigenvalue weighted by atomic mass is 14.6. The quantitative estimate of drug-likeness (QED) is 0.531. The molecule has 2 heteroatoms. The molecule has 0 spiro atoms. The summed E-state index contributed by atoms with van der Waals surface area (Å²) >= 11 is 0. The number of hydrogen-bond donors (Lipinski definition) is 2. The monoisotopic (exact) mass is 112 g/mol. The van der Waals surface area contributed by atoms with Gasteiger partial charge in [0.25, 0.3) is 0 Å². The summed E-state index contributed by atoms with van der Waals surface area (Å²) in [5, 5.41) is 6.63. The molecular formula is C6H12N2. The van der Waals surface area contributed by atoms with Crippen LogP contribution in [0.4, 0.5) is 0 Å². The lowest BCUT2D eigenvalue weighted by molar-refractivity contribution is 0.895. The smallest absolute Gasteiger partial charge is 0.0194 e. The van der Waals surface area contributed by atoms with E-state index in [9.17, 15) is 0 Å². The van der Waals surface area contributed by atoms with Crippen LogP contribution in [0.5, 0.6) is 0 Å². The second-order valence-electron chi connectivity index (χ2n) is 1.66. The van der Waals surface area contributed by atoms with Gasteiger partial charge in [0.2, 0.25) is 0 Å². The SMILES string of the molecule is CCC/C(N)=C/C=N. The fraction of sp³-hybridized carbons (Fsp3) is 0.500. The first-order valence-corrected chi connectivity index (χ1v) is 2.76. The van der Waals surface area contributed by atoms with E-state index in [0.29, 0.717) is 0 Å². The summed E-state index contributed by atoms with van der Waals surface area (Å²) in [6.07, 6.45) is 4.78. The van der Waals surface area contributed by atoms with E-state index in [0.717, 1.165) is 18.5 Å². The highest BCUT2D eigenvalue weighted by Crippen LogP contribution is 1.93. The third kappa shape index (κ3) is 3.40. The van der Waals surface area contributed by atoms with Crippen LogP contribution in [0, 0.1) is 5.41 Å². The third-order valence-corrected chi connectivity index (χ3v) is 0.836. The number of rotatable bonds is 3. The van der Waals surface area contributed by atoms with E-state index >= 15 is 0 Å². The van der Waals surface area contributed by atoms with Gasteiger partial charge in [-0.25, -0.2) is 0 Å². The molecule has 0 aromatic rings. The van der Waals surface area contributed by atoms with Crippen molar-refractivity contribution in [2.24, 2.45) is 5.73 Å². The lowest BCUT2D eigenvalue weighted by atomic mass is 10.2. The Balaban J connectivity index is 3.44. The number of nitrogens with two attached hydrogens (primary N) is 1. The van der Waals surface area contributed by atoms with E-state index in [-0.39, 0.29) is 0 Å². The minimum absolute atomic E-state index is 0.794. The van der Waals surface area contributed by atoms with Gasteiger partial charge in [0.1, 0.15) is 0 Å². The van der Waals surface area contributed by atoms with Gasteiger partial charge < -0.3 is 11.1 Å². The molecule has 0 amide bonds. The average Bonchev–Trinajstić information content (AvgIpc) is 1.68. The van der Waals surface area contributed by atoms with Gasteiger partial charge in [-0.15, -0.1) is 0 Å². The van der Waals surface area contributed by atoms with Gasteiger partial charge in [-0.1, -0.05) is 13.3 Å². The first-order valence-electron chi connectivity index (χ1n) is 2.76. The Morgan fingerprint density at radius 2 is 2.38 bits per heavy atom. The van der Waals surface area contributed by atoms with Crippen molar-refractivity contribution < 1.29 is 0 Å². The Hall–Kier alpha value is -0.790. The minimum atomic E-state index is 0.794. The zero-order valence-corrected chi connectivity index (χ0v) is 5.15. The molecule has 0 radical (unpaired) electrons. The van der Waals surface area contributed by atoms with Crippen molar-refractivity contribution in [3.05, 3.63) is 11.8 Å². The second-order valence-corrected chi connectivity index (χ2v) is 1.66. The standard InChI is InChI=1S/C6H12N2/c1-2-3-6(8)4-5-7/h4-5,7H,2-3,8H2,1H3/b6-4-,7-5?. The van der Waals surface area contributed by atoms with Crippen LogP contribution < -0.4 is 5.73 Å². The predicted octanol–water partition coefficient (Wildman–Crippen LogP) is 1.28. The molecule has 0 aliphatic rings. The summed E-state index contributed by atoms with van der Waals surface area (Å²) < 4.78 is 0. The third-order valence-electron chi connectivity index (χ3n) is 0.836. The predicted molar refractivity (Wildman–Crippen MR) is 36.0 cm³/mol. The van der Waals surface area contributed by atoms with Crippen molar-refractivity contribution in [1.82, 2.24) is 0 Å². The Kier molecular flexibility index (Phi) is 3.94. The first kappa shape index (κ1) is 7.21. The van der Waals surface area contributed by atoms with Crippen LogP contribution in [0.2, 0.25) is 0 Å². The molecule has 0 saturated carbocycles. The first-order chi connectivity index (χ1) is 3.81. The second kappa shape index (κ2) is 4.37. The highest BCUT2D eigenvalue weighted by molar-refractivity contribution is 5.68. The van der Waals surface area contributed by atoms with Crippen molar-refractivity contribution in [2.45, 2.75) is 19.8 Å². The van der Waals surface area contributed by atoms with E-state index in [1.165, 1.54) is 6.21 Å². The molecule has 0 aromatic heterocycles. The zero-order valence-electron chi connectivity index (χ0n) is 5.15. The fourth-order valence-electron chi connectivity index (χ4n) is 0.479. The van der Waals surface area contributed by atoms with Gasteiger partial charge in [0.15, 0.2) is 0 Å². The molecule has 0 saturated heterocycles. The summed E-state index contributed by atoms with van der Waals surface area (Å²) in [5.74, 6) is 0.